The normalized spacial score (nSPS) is 13.3. The number of alkyl halides is 1. The van der Waals surface area contributed by atoms with Gasteiger partial charge in [0.2, 0.25) is 0 Å². The molecule has 0 spiro atoms. The van der Waals surface area contributed by atoms with E-state index in [1.807, 2.05) is 12.1 Å². The molecule has 0 aromatic carbocycles. The molecule has 0 aliphatic rings. The van der Waals surface area contributed by atoms with Crippen LogP contribution in [0.2, 0.25) is 0 Å². The fourth-order valence-electron chi connectivity index (χ4n) is 1.28. The van der Waals surface area contributed by atoms with Crippen LogP contribution in [0.1, 0.15) is 18.3 Å². The summed E-state index contributed by atoms with van der Waals surface area (Å²) in [7, 11) is 0. The SMILES string of the molecule is NC(CCF)c1nc2cc(Br)ccn2n1. The summed E-state index contributed by atoms with van der Waals surface area (Å²) in [6, 6.07) is 3.25. The van der Waals surface area contributed by atoms with Crippen LogP contribution in [-0.2, 0) is 0 Å². The average Bonchev–Trinajstić information content (AvgIpc) is 2.60. The van der Waals surface area contributed by atoms with Gasteiger partial charge < -0.3 is 5.73 Å². The van der Waals surface area contributed by atoms with Gasteiger partial charge in [-0.1, -0.05) is 15.9 Å². The summed E-state index contributed by atoms with van der Waals surface area (Å²) in [6.07, 6.45) is 2.02. The van der Waals surface area contributed by atoms with Gasteiger partial charge in [-0.3, -0.25) is 4.39 Å². The lowest BCUT2D eigenvalue weighted by Crippen LogP contribution is -2.12. The monoisotopic (exact) mass is 272 g/mol. The van der Waals surface area contributed by atoms with Gasteiger partial charge in [0.25, 0.3) is 0 Å². The zero-order chi connectivity index (χ0) is 10.8. The molecule has 2 rings (SSSR count). The van der Waals surface area contributed by atoms with Crippen molar-refractivity contribution in [2.45, 2.75) is 12.5 Å². The van der Waals surface area contributed by atoms with E-state index in [1.165, 1.54) is 0 Å². The van der Waals surface area contributed by atoms with Crippen molar-refractivity contribution in [3.63, 3.8) is 0 Å². The first kappa shape index (κ1) is 10.5. The molecule has 0 saturated carbocycles. The summed E-state index contributed by atoms with van der Waals surface area (Å²) in [5.41, 5.74) is 6.42. The number of hydrogen-bond donors (Lipinski definition) is 1. The van der Waals surface area contributed by atoms with Crippen LogP contribution in [-0.4, -0.2) is 21.3 Å². The van der Waals surface area contributed by atoms with E-state index in [2.05, 4.69) is 26.0 Å². The van der Waals surface area contributed by atoms with Crippen molar-refractivity contribution in [1.29, 1.82) is 0 Å². The summed E-state index contributed by atoms with van der Waals surface area (Å²) in [6.45, 7) is -0.458. The van der Waals surface area contributed by atoms with Gasteiger partial charge in [-0.2, -0.15) is 0 Å². The van der Waals surface area contributed by atoms with E-state index in [1.54, 1.807) is 10.7 Å². The topological polar surface area (TPSA) is 56.2 Å². The van der Waals surface area contributed by atoms with Crippen molar-refractivity contribution >= 4 is 21.6 Å². The van der Waals surface area contributed by atoms with Gasteiger partial charge in [-0.25, -0.2) is 9.50 Å². The van der Waals surface area contributed by atoms with Gasteiger partial charge in [-0.05, 0) is 18.6 Å². The Hall–Kier alpha value is -1.01. The van der Waals surface area contributed by atoms with Crippen LogP contribution < -0.4 is 5.73 Å². The van der Waals surface area contributed by atoms with Crippen molar-refractivity contribution in [2.24, 2.45) is 5.73 Å². The number of halogens is 2. The molecule has 0 aliphatic carbocycles. The molecular formula is C9H10BrFN4. The molecule has 0 bridgehead atoms. The Bertz CT molecular complexity index is 470. The molecule has 0 amide bonds. The molecule has 2 aromatic heterocycles. The Morgan fingerprint density at radius 2 is 2.40 bits per heavy atom. The smallest absolute Gasteiger partial charge is 0.168 e. The molecule has 15 heavy (non-hydrogen) atoms. The standard InChI is InChI=1S/C9H10BrFN4/c10-6-2-4-15-8(5-6)13-9(14-15)7(12)1-3-11/h2,4-5,7H,1,3,12H2. The summed E-state index contributed by atoms with van der Waals surface area (Å²) < 4.78 is 14.6. The summed E-state index contributed by atoms with van der Waals surface area (Å²) in [4.78, 5) is 4.22. The molecule has 2 N–H and O–H groups in total. The van der Waals surface area contributed by atoms with Crippen LogP contribution in [0.3, 0.4) is 0 Å². The Labute approximate surface area is 94.4 Å². The molecule has 6 heteroatoms. The van der Waals surface area contributed by atoms with Crippen LogP contribution in [0, 0.1) is 0 Å². The highest BCUT2D eigenvalue weighted by Crippen LogP contribution is 2.15. The Kier molecular flexibility index (Phi) is 2.97. The van der Waals surface area contributed by atoms with E-state index in [-0.39, 0.29) is 6.42 Å². The van der Waals surface area contributed by atoms with E-state index >= 15 is 0 Å². The van der Waals surface area contributed by atoms with Crippen LogP contribution >= 0.6 is 15.9 Å². The molecular weight excluding hydrogens is 263 g/mol. The second-order valence-electron chi connectivity index (χ2n) is 3.20. The minimum absolute atomic E-state index is 0.248. The second-order valence-corrected chi connectivity index (χ2v) is 4.12. The van der Waals surface area contributed by atoms with Gasteiger partial charge >= 0.3 is 0 Å². The van der Waals surface area contributed by atoms with Gasteiger partial charge in [0.15, 0.2) is 11.5 Å². The molecule has 0 radical (unpaired) electrons. The molecule has 0 fully saturated rings. The van der Waals surface area contributed by atoms with Crippen molar-refractivity contribution in [1.82, 2.24) is 14.6 Å². The summed E-state index contributed by atoms with van der Waals surface area (Å²) >= 11 is 3.34. The molecule has 1 unspecified atom stereocenters. The number of aromatic nitrogens is 3. The van der Waals surface area contributed by atoms with Crippen LogP contribution in [0.15, 0.2) is 22.8 Å². The number of hydrogen-bond acceptors (Lipinski definition) is 3. The third kappa shape index (κ3) is 2.15. The molecule has 4 nitrogen and oxygen atoms in total. The average molecular weight is 273 g/mol. The summed E-state index contributed by atoms with van der Waals surface area (Å²) in [5.74, 6) is 0.478. The number of pyridine rings is 1. The number of rotatable bonds is 3. The van der Waals surface area contributed by atoms with Crippen molar-refractivity contribution in [3.05, 3.63) is 28.6 Å². The van der Waals surface area contributed by atoms with Gasteiger partial charge in [0.05, 0.1) is 12.7 Å². The highest BCUT2D eigenvalue weighted by Gasteiger charge is 2.12. The number of nitrogens with zero attached hydrogens (tertiary/aromatic N) is 3. The van der Waals surface area contributed by atoms with E-state index in [9.17, 15) is 4.39 Å². The van der Waals surface area contributed by atoms with Crippen molar-refractivity contribution in [2.75, 3.05) is 6.67 Å². The minimum Gasteiger partial charge on any atom is -0.321 e. The van der Waals surface area contributed by atoms with E-state index in [4.69, 9.17) is 5.73 Å². The quantitative estimate of drug-likeness (QED) is 0.928. The van der Waals surface area contributed by atoms with Gasteiger partial charge in [0.1, 0.15) is 0 Å². The fraction of sp³-hybridized carbons (Fsp3) is 0.333. The molecule has 2 aromatic rings. The first-order valence-electron chi connectivity index (χ1n) is 4.54. The number of fused-ring (bicyclic) bond motifs is 1. The Morgan fingerprint density at radius 1 is 1.60 bits per heavy atom. The van der Waals surface area contributed by atoms with Crippen molar-refractivity contribution < 1.29 is 4.39 Å². The lowest BCUT2D eigenvalue weighted by atomic mass is 10.2. The predicted octanol–water partition coefficient (Wildman–Crippen LogP) is 1.85. The molecule has 0 saturated heterocycles. The maximum atomic E-state index is 12.1. The molecule has 0 aliphatic heterocycles. The maximum absolute atomic E-state index is 12.1. The Morgan fingerprint density at radius 3 is 3.13 bits per heavy atom. The first-order valence-corrected chi connectivity index (χ1v) is 5.33. The predicted molar refractivity (Wildman–Crippen MR) is 58.2 cm³/mol. The molecule has 1 atom stereocenters. The summed E-state index contributed by atoms with van der Waals surface area (Å²) in [5, 5.41) is 4.17. The molecule has 2 heterocycles. The van der Waals surface area contributed by atoms with Crippen LogP contribution in [0.4, 0.5) is 4.39 Å². The van der Waals surface area contributed by atoms with Crippen LogP contribution in [0.5, 0.6) is 0 Å². The van der Waals surface area contributed by atoms with Crippen LogP contribution in [0.25, 0.3) is 5.65 Å². The van der Waals surface area contributed by atoms with Gasteiger partial charge in [-0.15, -0.1) is 5.10 Å². The third-order valence-electron chi connectivity index (χ3n) is 2.07. The molecule has 80 valence electrons. The highest BCUT2D eigenvalue weighted by atomic mass is 79.9. The zero-order valence-corrected chi connectivity index (χ0v) is 9.48. The fourth-order valence-corrected chi connectivity index (χ4v) is 1.60. The first-order chi connectivity index (χ1) is 7.20. The van der Waals surface area contributed by atoms with E-state index in [0.717, 1.165) is 4.47 Å². The zero-order valence-electron chi connectivity index (χ0n) is 7.90. The Balaban J connectivity index is 2.38. The maximum Gasteiger partial charge on any atom is 0.168 e. The third-order valence-corrected chi connectivity index (χ3v) is 2.56. The van der Waals surface area contributed by atoms with Gasteiger partial charge in [0, 0.05) is 10.7 Å². The highest BCUT2D eigenvalue weighted by molar-refractivity contribution is 9.10. The van der Waals surface area contributed by atoms with E-state index < -0.39 is 12.7 Å². The lowest BCUT2D eigenvalue weighted by molar-refractivity contribution is 0.434. The lowest BCUT2D eigenvalue weighted by Gasteiger charge is -2.01. The largest absolute Gasteiger partial charge is 0.321 e. The van der Waals surface area contributed by atoms with Crippen molar-refractivity contribution in [3.8, 4) is 0 Å². The minimum atomic E-state index is -0.458. The van der Waals surface area contributed by atoms with E-state index in [0.29, 0.717) is 11.5 Å². The number of nitrogens with two attached hydrogens (primary N) is 1. The second kappa shape index (κ2) is 4.24.